The van der Waals surface area contributed by atoms with Gasteiger partial charge in [-0.05, 0) is 42.8 Å². The zero-order valence-corrected chi connectivity index (χ0v) is 23.3. The molecule has 1 aliphatic rings. The molecule has 1 atom stereocenters. The van der Waals surface area contributed by atoms with Crippen molar-refractivity contribution in [1.29, 1.82) is 0 Å². The molecule has 2 aromatic carbocycles. The van der Waals surface area contributed by atoms with Crippen LogP contribution in [0.1, 0.15) is 81.5 Å². The van der Waals surface area contributed by atoms with Crippen LogP contribution in [-0.2, 0) is 0 Å². The van der Waals surface area contributed by atoms with Crippen LogP contribution in [0.5, 0.6) is 11.5 Å². The normalized spacial score (nSPS) is 15.0. The maximum atomic E-state index is 12.9. The SMILES string of the molecule is CCCCCCCCCCCCOc1ccccc1C(=O)Nc1ccc(OCC2CNCCN2)cc1.Cl. The summed E-state index contributed by atoms with van der Waals surface area (Å²) in [6.07, 6.45) is 12.9. The highest BCUT2D eigenvalue weighted by molar-refractivity contribution is 6.06. The molecule has 2 aromatic rings. The number of hydrogen-bond acceptors (Lipinski definition) is 5. The van der Waals surface area contributed by atoms with Crippen molar-refractivity contribution in [1.82, 2.24) is 10.6 Å². The Balaban J connectivity index is 0.00000481. The van der Waals surface area contributed by atoms with Crippen LogP contribution in [0.3, 0.4) is 0 Å². The molecule has 1 aliphatic heterocycles. The molecule has 206 valence electrons. The standard InChI is InChI=1S/C30H45N3O3.ClH/c1-2-3-4-5-6-7-8-9-10-13-22-35-29-15-12-11-14-28(29)30(34)33-25-16-18-27(19-17-25)36-24-26-23-31-20-21-32-26;/h11-12,14-19,26,31-32H,2-10,13,20-24H2,1H3,(H,33,34);1H. The van der Waals surface area contributed by atoms with E-state index in [9.17, 15) is 4.79 Å². The van der Waals surface area contributed by atoms with Crippen molar-refractivity contribution in [2.75, 3.05) is 38.2 Å². The lowest BCUT2D eigenvalue weighted by molar-refractivity contribution is 0.102. The highest BCUT2D eigenvalue weighted by atomic mass is 35.5. The number of halogens is 1. The zero-order chi connectivity index (χ0) is 25.3. The van der Waals surface area contributed by atoms with Crippen molar-refractivity contribution in [2.24, 2.45) is 0 Å². The number of unbranched alkanes of at least 4 members (excludes halogenated alkanes) is 9. The molecule has 7 heteroatoms. The average Bonchev–Trinajstić information content (AvgIpc) is 2.92. The summed E-state index contributed by atoms with van der Waals surface area (Å²) in [6, 6.07) is 15.3. The first kappa shape index (κ1) is 30.9. The van der Waals surface area contributed by atoms with Crippen molar-refractivity contribution in [2.45, 2.75) is 77.2 Å². The fourth-order valence-corrected chi connectivity index (χ4v) is 4.41. The minimum atomic E-state index is -0.167. The van der Waals surface area contributed by atoms with E-state index in [1.165, 1.54) is 57.8 Å². The van der Waals surface area contributed by atoms with Crippen LogP contribution in [0.25, 0.3) is 0 Å². The Morgan fingerprint density at radius 3 is 2.22 bits per heavy atom. The third-order valence-electron chi connectivity index (χ3n) is 6.58. The predicted molar refractivity (Wildman–Crippen MR) is 156 cm³/mol. The monoisotopic (exact) mass is 531 g/mol. The van der Waals surface area contributed by atoms with Crippen molar-refractivity contribution < 1.29 is 14.3 Å². The molecule has 6 nitrogen and oxygen atoms in total. The number of rotatable bonds is 17. The highest BCUT2D eigenvalue weighted by Gasteiger charge is 2.14. The molecule has 0 aromatic heterocycles. The second-order valence-corrected chi connectivity index (χ2v) is 9.67. The number of carbonyl (C=O) groups excluding carboxylic acids is 1. The third kappa shape index (κ3) is 12.2. The van der Waals surface area contributed by atoms with Crippen LogP contribution in [0.2, 0.25) is 0 Å². The number of amides is 1. The van der Waals surface area contributed by atoms with Crippen molar-refractivity contribution in [3.8, 4) is 11.5 Å². The summed E-state index contributed by atoms with van der Waals surface area (Å²) in [5.74, 6) is 1.26. The summed E-state index contributed by atoms with van der Waals surface area (Å²) in [6.45, 7) is 6.38. The number of ether oxygens (including phenoxy) is 2. The van der Waals surface area contributed by atoms with Gasteiger partial charge in [0.2, 0.25) is 0 Å². The fraction of sp³-hybridized carbons (Fsp3) is 0.567. The molecule has 3 N–H and O–H groups in total. The van der Waals surface area contributed by atoms with Gasteiger partial charge in [-0.15, -0.1) is 12.4 Å². The summed E-state index contributed by atoms with van der Waals surface area (Å²) < 4.78 is 11.9. The number of hydrogen-bond donors (Lipinski definition) is 3. The lowest BCUT2D eigenvalue weighted by Crippen LogP contribution is -2.50. The van der Waals surface area contributed by atoms with Gasteiger partial charge in [-0.1, -0.05) is 76.8 Å². The molecule has 1 fully saturated rings. The lowest BCUT2D eigenvalue weighted by Gasteiger charge is -2.24. The van der Waals surface area contributed by atoms with E-state index < -0.39 is 0 Å². The lowest BCUT2D eigenvalue weighted by atomic mass is 10.1. The summed E-state index contributed by atoms with van der Waals surface area (Å²) in [4.78, 5) is 12.9. The molecule has 3 rings (SSSR count). The Bertz CT molecular complexity index is 873. The quantitative estimate of drug-likeness (QED) is 0.201. The molecular weight excluding hydrogens is 486 g/mol. The van der Waals surface area contributed by atoms with Gasteiger partial charge in [-0.25, -0.2) is 0 Å². The Kier molecular flexibility index (Phi) is 15.8. The smallest absolute Gasteiger partial charge is 0.259 e. The summed E-state index contributed by atoms with van der Waals surface area (Å²) in [5.41, 5.74) is 1.29. The molecule has 0 spiro atoms. The number of nitrogens with one attached hydrogen (secondary N) is 3. The number of para-hydroxylation sites is 1. The second-order valence-electron chi connectivity index (χ2n) is 9.67. The van der Waals surface area contributed by atoms with Gasteiger partial charge in [0.25, 0.3) is 5.91 Å². The number of benzene rings is 2. The number of carbonyl (C=O) groups is 1. The van der Waals surface area contributed by atoms with Gasteiger partial charge in [-0.3, -0.25) is 4.79 Å². The van der Waals surface area contributed by atoms with Gasteiger partial charge in [0.1, 0.15) is 18.1 Å². The first-order valence-corrected chi connectivity index (χ1v) is 14.0. The molecule has 1 amide bonds. The van der Waals surface area contributed by atoms with Crippen LogP contribution >= 0.6 is 12.4 Å². The Labute approximate surface area is 229 Å². The van der Waals surface area contributed by atoms with Gasteiger partial charge < -0.3 is 25.4 Å². The van der Waals surface area contributed by atoms with E-state index in [-0.39, 0.29) is 18.3 Å². The Morgan fingerprint density at radius 2 is 1.54 bits per heavy atom. The predicted octanol–water partition coefficient (Wildman–Crippen LogP) is 6.60. The molecule has 0 bridgehead atoms. The van der Waals surface area contributed by atoms with Crippen molar-refractivity contribution in [3.05, 3.63) is 54.1 Å². The molecule has 0 aliphatic carbocycles. The van der Waals surface area contributed by atoms with Crippen LogP contribution in [0.15, 0.2) is 48.5 Å². The number of piperazine rings is 1. The summed E-state index contributed by atoms with van der Waals surface area (Å²) in [7, 11) is 0. The first-order valence-electron chi connectivity index (χ1n) is 14.0. The largest absolute Gasteiger partial charge is 0.493 e. The Morgan fingerprint density at radius 1 is 0.865 bits per heavy atom. The van der Waals surface area contributed by atoms with Gasteiger partial charge in [0, 0.05) is 25.3 Å². The molecule has 0 saturated carbocycles. The summed E-state index contributed by atoms with van der Waals surface area (Å²) >= 11 is 0. The van der Waals surface area contributed by atoms with Crippen LogP contribution in [-0.4, -0.2) is 44.8 Å². The molecule has 1 heterocycles. The average molecular weight is 532 g/mol. The molecule has 37 heavy (non-hydrogen) atoms. The van der Waals surface area contributed by atoms with Crippen LogP contribution < -0.4 is 25.4 Å². The summed E-state index contributed by atoms with van der Waals surface area (Å²) in [5, 5.41) is 9.76. The van der Waals surface area contributed by atoms with Gasteiger partial charge in [-0.2, -0.15) is 0 Å². The van der Waals surface area contributed by atoms with E-state index in [0.717, 1.165) is 37.5 Å². The van der Waals surface area contributed by atoms with Crippen LogP contribution in [0.4, 0.5) is 5.69 Å². The fourth-order valence-electron chi connectivity index (χ4n) is 4.41. The minimum absolute atomic E-state index is 0. The Hall–Kier alpha value is -2.28. The van der Waals surface area contributed by atoms with E-state index in [2.05, 4.69) is 22.9 Å². The topological polar surface area (TPSA) is 71.6 Å². The van der Waals surface area contributed by atoms with E-state index >= 15 is 0 Å². The molecular formula is C30H46ClN3O3. The van der Waals surface area contributed by atoms with E-state index in [4.69, 9.17) is 9.47 Å². The number of anilines is 1. The maximum absolute atomic E-state index is 12.9. The van der Waals surface area contributed by atoms with Gasteiger partial charge in [0.15, 0.2) is 0 Å². The van der Waals surface area contributed by atoms with Crippen molar-refractivity contribution in [3.63, 3.8) is 0 Å². The first-order chi connectivity index (χ1) is 17.8. The molecule has 1 saturated heterocycles. The van der Waals surface area contributed by atoms with Gasteiger partial charge in [0.05, 0.1) is 18.2 Å². The molecule has 0 radical (unpaired) electrons. The van der Waals surface area contributed by atoms with E-state index in [1.807, 2.05) is 48.5 Å². The van der Waals surface area contributed by atoms with Gasteiger partial charge >= 0.3 is 0 Å². The maximum Gasteiger partial charge on any atom is 0.259 e. The van der Waals surface area contributed by atoms with E-state index in [0.29, 0.717) is 30.6 Å². The van der Waals surface area contributed by atoms with E-state index in [1.54, 1.807) is 0 Å². The molecule has 1 unspecified atom stereocenters. The third-order valence-corrected chi connectivity index (χ3v) is 6.58. The van der Waals surface area contributed by atoms with Crippen LogP contribution in [0, 0.1) is 0 Å². The minimum Gasteiger partial charge on any atom is -0.493 e. The highest BCUT2D eigenvalue weighted by Crippen LogP contribution is 2.22. The zero-order valence-electron chi connectivity index (χ0n) is 22.4. The second kappa shape index (κ2) is 18.9. The van der Waals surface area contributed by atoms with Crippen molar-refractivity contribution >= 4 is 24.0 Å².